The molecule has 0 aromatic heterocycles. The minimum atomic E-state index is 0.897. The molecule has 2 fully saturated rings. The third kappa shape index (κ3) is 11.2. The Morgan fingerprint density at radius 1 is 0.815 bits per heavy atom. The van der Waals surface area contributed by atoms with Crippen molar-refractivity contribution in [3.05, 3.63) is 24.3 Å². The molecule has 0 aromatic rings. The fourth-order valence-corrected chi connectivity index (χ4v) is 4.48. The highest BCUT2D eigenvalue weighted by Gasteiger charge is 2.33. The minimum absolute atomic E-state index is 0.897. The molecule has 2 aliphatic carbocycles. The van der Waals surface area contributed by atoms with Crippen molar-refractivity contribution in [2.75, 3.05) is 0 Å². The second-order valence-corrected chi connectivity index (χ2v) is 9.94. The normalized spacial score (nSPS) is 24.7. The SMILES string of the molecule is CCCCCCCCC(C)C(C)CCCC1CC1C=CC=CCCC1CC1. The van der Waals surface area contributed by atoms with Crippen LogP contribution in [0.4, 0.5) is 0 Å². The molecule has 0 saturated heterocycles. The van der Waals surface area contributed by atoms with Crippen molar-refractivity contribution in [2.24, 2.45) is 29.6 Å². The summed E-state index contributed by atoms with van der Waals surface area (Å²) in [5, 5.41) is 0. The quantitative estimate of drug-likeness (QED) is 0.176. The molecule has 0 radical (unpaired) electrons. The first-order valence-electron chi connectivity index (χ1n) is 12.5. The second-order valence-electron chi connectivity index (χ2n) is 9.94. The van der Waals surface area contributed by atoms with E-state index in [0.29, 0.717) is 0 Å². The maximum atomic E-state index is 2.50. The number of hydrogen-bond acceptors (Lipinski definition) is 0. The lowest BCUT2D eigenvalue weighted by Gasteiger charge is -2.19. The molecule has 2 aliphatic rings. The fourth-order valence-electron chi connectivity index (χ4n) is 4.48. The van der Waals surface area contributed by atoms with Gasteiger partial charge in [-0.25, -0.2) is 0 Å². The summed E-state index contributed by atoms with van der Waals surface area (Å²) in [4.78, 5) is 0. The van der Waals surface area contributed by atoms with Crippen molar-refractivity contribution in [1.82, 2.24) is 0 Å². The Bertz CT molecular complexity index is 414. The molecular weight excluding hydrogens is 324 g/mol. The summed E-state index contributed by atoms with van der Waals surface area (Å²) in [6.45, 7) is 7.30. The Balaban J connectivity index is 1.41. The lowest BCUT2D eigenvalue weighted by Crippen LogP contribution is -2.08. The lowest BCUT2D eigenvalue weighted by molar-refractivity contribution is 0.321. The minimum Gasteiger partial charge on any atom is -0.0845 e. The smallest absolute Gasteiger partial charge is 0.0199 e. The van der Waals surface area contributed by atoms with Gasteiger partial charge in [0.25, 0.3) is 0 Å². The number of allylic oxidation sites excluding steroid dienone is 4. The van der Waals surface area contributed by atoms with Crippen LogP contribution < -0.4 is 0 Å². The van der Waals surface area contributed by atoms with E-state index in [9.17, 15) is 0 Å². The van der Waals surface area contributed by atoms with Crippen molar-refractivity contribution in [1.29, 1.82) is 0 Å². The van der Waals surface area contributed by atoms with E-state index in [1.807, 2.05) is 0 Å². The average molecular weight is 373 g/mol. The van der Waals surface area contributed by atoms with Gasteiger partial charge in [-0.15, -0.1) is 0 Å². The summed E-state index contributed by atoms with van der Waals surface area (Å²) in [6.07, 6.45) is 31.1. The molecule has 0 N–H and O–H groups in total. The first-order valence-corrected chi connectivity index (χ1v) is 12.5. The highest BCUT2D eigenvalue weighted by molar-refractivity contribution is 5.09. The van der Waals surface area contributed by atoms with Gasteiger partial charge in [0.15, 0.2) is 0 Å². The Kier molecular flexibility index (Phi) is 11.5. The van der Waals surface area contributed by atoms with Gasteiger partial charge in [0.2, 0.25) is 0 Å². The molecule has 4 unspecified atom stereocenters. The zero-order valence-electron chi connectivity index (χ0n) is 18.8. The van der Waals surface area contributed by atoms with Crippen LogP contribution in [0.25, 0.3) is 0 Å². The van der Waals surface area contributed by atoms with Crippen LogP contribution >= 0.6 is 0 Å². The van der Waals surface area contributed by atoms with Crippen molar-refractivity contribution >= 4 is 0 Å². The van der Waals surface area contributed by atoms with Gasteiger partial charge in [-0.2, -0.15) is 0 Å². The summed E-state index contributed by atoms with van der Waals surface area (Å²) < 4.78 is 0. The molecule has 2 saturated carbocycles. The summed E-state index contributed by atoms with van der Waals surface area (Å²) in [5.41, 5.74) is 0. The monoisotopic (exact) mass is 372 g/mol. The molecule has 0 heterocycles. The zero-order valence-corrected chi connectivity index (χ0v) is 18.8. The predicted octanol–water partition coefficient (Wildman–Crippen LogP) is 9.12. The van der Waals surface area contributed by atoms with Gasteiger partial charge in [-0.1, -0.05) is 116 Å². The molecule has 2 rings (SSSR count). The lowest BCUT2D eigenvalue weighted by atomic mass is 9.86. The van der Waals surface area contributed by atoms with E-state index in [-0.39, 0.29) is 0 Å². The van der Waals surface area contributed by atoms with Crippen molar-refractivity contribution in [3.8, 4) is 0 Å². The first-order chi connectivity index (χ1) is 13.2. The Hall–Kier alpha value is -0.520. The molecule has 0 aliphatic heterocycles. The third-order valence-electron chi connectivity index (χ3n) is 7.24. The summed E-state index contributed by atoms with van der Waals surface area (Å²) in [5.74, 6) is 4.81. The zero-order chi connectivity index (χ0) is 19.3. The molecular formula is C27H48. The van der Waals surface area contributed by atoms with Gasteiger partial charge >= 0.3 is 0 Å². The molecule has 27 heavy (non-hydrogen) atoms. The Morgan fingerprint density at radius 2 is 1.52 bits per heavy atom. The van der Waals surface area contributed by atoms with Crippen molar-refractivity contribution < 1.29 is 0 Å². The van der Waals surface area contributed by atoms with E-state index in [4.69, 9.17) is 0 Å². The van der Waals surface area contributed by atoms with E-state index < -0.39 is 0 Å². The maximum absolute atomic E-state index is 2.50. The van der Waals surface area contributed by atoms with Gasteiger partial charge < -0.3 is 0 Å². The van der Waals surface area contributed by atoms with Gasteiger partial charge in [0.05, 0.1) is 0 Å². The van der Waals surface area contributed by atoms with E-state index in [0.717, 1.165) is 29.6 Å². The van der Waals surface area contributed by atoms with Gasteiger partial charge in [-0.05, 0) is 55.3 Å². The van der Waals surface area contributed by atoms with Gasteiger partial charge in [0.1, 0.15) is 0 Å². The number of hydrogen-bond donors (Lipinski definition) is 0. The van der Waals surface area contributed by atoms with E-state index in [1.165, 1.54) is 96.3 Å². The fraction of sp³-hybridized carbons (Fsp3) is 0.852. The van der Waals surface area contributed by atoms with Gasteiger partial charge in [-0.3, -0.25) is 0 Å². The molecule has 0 bridgehead atoms. The first kappa shape index (κ1) is 22.8. The molecule has 0 nitrogen and oxygen atoms in total. The molecule has 4 atom stereocenters. The van der Waals surface area contributed by atoms with Crippen LogP contribution in [0.3, 0.4) is 0 Å². The van der Waals surface area contributed by atoms with Crippen LogP contribution in [0.15, 0.2) is 24.3 Å². The highest BCUT2D eigenvalue weighted by atomic mass is 14.4. The van der Waals surface area contributed by atoms with Crippen LogP contribution in [0.5, 0.6) is 0 Å². The summed E-state index contributed by atoms with van der Waals surface area (Å²) in [7, 11) is 0. The van der Waals surface area contributed by atoms with Crippen molar-refractivity contribution in [2.45, 2.75) is 117 Å². The third-order valence-corrected chi connectivity index (χ3v) is 7.24. The van der Waals surface area contributed by atoms with Crippen LogP contribution in [0.1, 0.15) is 117 Å². The largest absolute Gasteiger partial charge is 0.0845 e. The average Bonchev–Trinajstić information content (AvgIpc) is 3.57. The number of rotatable bonds is 17. The summed E-state index contributed by atoms with van der Waals surface area (Å²) in [6, 6.07) is 0. The van der Waals surface area contributed by atoms with E-state index >= 15 is 0 Å². The summed E-state index contributed by atoms with van der Waals surface area (Å²) >= 11 is 0. The van der Waals surface area contributed by atoms with Crippen LogP contribution in [0.2, 0.25) is 0 Å². The highest BCUT2D eigenvalue weighted by Crippen LogP contribution is 2.43. The molecule has 0 amide bonds. The predicted molar refractivity (Wildman–Crippen MR) is 122 cm³/mol. The topological polar surface area (TPSA) is 0 Å². The Labute approximate surface area is 171 Å². The standard InChI is InChI=1S/C27H48/c1-4-5-6-7-8-11-15-23(2)24(3)16-14-19-27-22-26(27)18-13-10-9-12-17-25-20-21-25/h9-10,13,18,23-27H,4-8,11-12,14-17,19-22H2,1-3H3. The van der Waals surface area contributed by atoms with Gasteiger partial charge in [0, 0.05) is 0 Å². The maximum Gasteiger partial charge on any atom is -0.0199 e. The van der Waals surface area contributed by atoms with Crippen LogP contribution in [-0.2, 0) is 0 Å². The molecule has 0 heteroatoms. The van der Waals surface area contributed by atoms with Crippen LogP contribution in [-0.4, -0.2) is 0 Å². The number of unbranched alkanes of at least 4 members (excludes halogenated alkanes) is 5. The van der Waals surface area contributed by atoms with E-state index in [2.05, 4.69) is 45.1 Å². The van der Waals surface area contributed by atoms with E-state index in [1.54, 1.807) is 0 Å². The van der Waals surface area contributed by atoms with Crippen molar-refractivity contribution in [3.63, 3.8) is 0 Å². The Morgan fingerprint density at radius 3 is 2.26 bits per heavy atom. The van der Waals surface area contributed by atoms with Crippen LogP contribution in [0, 0.1) is 29.6 Å². The second kappa shape index (κ2) is 13.6. The molecule has 0 spiro atoms. The molecule has 0 aromatic carbocycles. The molecule has 156 valence electrons.